The Morgan fingerprint density at radius 3 is 2.86 bits per heavy atom. The molecule has 5 rings (SSSR count). The van der Waals surface area contributed by atoms with E-state index in [0.29, 0.717) is 18.4 Å². The van der Waals surface area contributed by atoms with Gasteiger partial charge in [0.15, 0.2) is 0 Å². The molecule has 0 saturated heterocycles. The molecule has 2 aromatic heterocycles. The number of pyridine rings is 1. The third-order valence-corrected chi connectivity index (χ3v) is 6.80. The maximum atomic E-state index is 6.07. The quantitative estimate of drug-likeness (QED) is 0.659. The van der Waals surface area contributed by atoms with E-state index in [0.717, 1.165) is 30.2 Å². The van der Waals surface area contributed by atoms with Crippen LogP contribution in [0.1, 0.15) is 41.7 Å². The van der Waals surface area contributed by atoms with Crippen LogP contribution in [0.25, 0.3) is 0 Å². The lowest BCUT2D eigenvalue weighted by molar-refractivity contribution is 0.298. The van der Waals surface area contributed by atoms with Crippen LogP contribution in [0.4, 0.5) is 5.69 Å². The van der Waals surface area contributed by atoms with E-state index in [1.807, 2.05) is 12.1 Å². The van der Waals surface area contributed by atoms with Crippen LogP contribution in [-0.4, -0.2) is 30.2 Å². The molecule has 0 amide bonds. The standard InChI is InChI=1S/C22H23N3O2S/c1-14(2)21-23-15(11-28-21)10-25-12-22(16-6-4-5-7-17(16)25)13-27-18-8-9-19(26-3)24-20(18)22/h4-9,11,14H,10,12-13H2,1-3H3. The van der Waals surface area contributed by atoms with Gasteiger partial charge in [-0.25, -0.2) is 9.97 Å². The molecule has 6 heteroatoms. The highest BCUT2D eigenvalue weighted by molar-refractivity contribution is 7.09. The van der Waals surface area contributed by atoms with Gasteiger partial charge in [-0.2, -0.15) is 0 Å². The van der Waals surface area contributed by atoms with Crippen LogP contribution in [0.3, 0.4) is 0 Å². The molecule has 0 bridgehead atoms. The van der Waals surface area contributed by atoms with Crippen LogP contribution in [0.2, 0.25) is 0 Å². The third-order valence-electron chi connectivity index (χ3n) is 5.61. The van der Waals surface area contributed by atoms with Gasteiger partial charge in [0, 0.05) is 29.6 Å². The Hall–Kier alpha value is -2.60. The fourth-order valence-electron chi connectivity index (χ4n) is 4.24. The molecular formula is C22H23N3O2S. The zero-order valence-electron chi connectivity index (χ0n) is 16.3. The predicted octanol–water partition coefficient (Wildman–Crippen LogP) is 4.37. The lowest BCUT2D eigenvalue weighted by Gasteiger charge is -2.24. The number of thiazole rings is 1. The Kier molecular flexibility index (Phi) is 4.05. The van der Waals surface area contributed by atoms with Gasteiger partial charge in [-0.1, -0.05) is 32.0 Å². The van der Waals surface area contributed by atoms with Gasteiger partial charge >= 0.3 is 0 Å². The van der Waals surface area contributed by atoms with Crippen LogP contribution in [0.5, 0.6) is 11.6 Å². The summed E-state index contributed by atoms with van der Waals surface area (Å²) in [5, 5.41) is 3.38. The first kappa shape index (κ1) is 17.5. The number of hydrogen-bond donors (Lipinski definition) is 0. The Labute approximate surface area is 169 Å². The van der Waals surface area contributed by atoms with Gasteiger partial charge in [0.1, 0.15) is 18.1 Å². The van der Waals surface area contributed by atoms with Crippen molar-refractivity contribution in [2.24, 2.45) is 0 Å². The topological polar surface area (TPSA) is 47.5 Å². The number of ether oxygens (including phenoxy) is 2. The molecule has 2 aliphatic rings. The van der Waals surface area contributed by atoms with Crippen molar-refractivity contribution in [2.75, 3.05) is 25.2 Å². The van der Waals surface area contributed by atoms with Crippen LogP contribution in [0, 0.1) is 0 Å². The zero-order chi connectivity index (χ0) is 19.3. The average molecular weight is 394 g/mol. The molecule has 0 aliphatic carbocycles. The number of anilines is 1. The minimum absolute atomic E-state index is 0.267. The van der Waals surface area contributed by atoms with Gasteiger partial charge in [0.2, 0.25) is 5.88 Å². The van der Waals surface area contributed by atoms with Crippen molar-refractivity contribution in [3.63, 3.8) is 0 Å². The molecule has 0 N–H and O–H groups in total. The van der Waals surface area contributed by atoms with E-state index in [1.165, 1.54) is 16.3 Å². The summed E-state index contributed by atoms with van der Waals surface area (Å²) in [7, 11) is 1.65. The molecule has 1 unspecified atom stereocenters. The molecule has 0 fully saturated rings. The third kappa shape index (κ3) is 2.58. The van der Waals surface area contributed by atoms with Gasteiger partial charge in [0.25, 0.3) is 0 Å². The first-order chi connectivity index (χ1) is 13.6. The summed E-state index contributed by atoms with van der Waals surface area (Å²) in [6, 6.07) is 12.4. The van der Waals surface area contributed by atoms with E-state index >= 15 is 0 Å². The fourth-order valence-corrected chi connectivity index (χ4v) is 5.07. The van der Waals surface area contributed by atoms with Crippen LogP contribution >= 0.6 is 11.3 Å². The Morgan fingerprint density at radius 1 is 1.21 bits per heavy atom. The summed E-state index contributed by atoms with van der Waals surface area (Å²) in [5.74, 6) is 1.94. The Bertz CT molecular complexity index is 1030. The number of rotatable bonds is 4. The van der Waals surface area contributed by atoms with Crippen LogP contribution < -0.4 is 14.4 Å². The van der Waals surface area contributed by atoms with Crippen molar-refractivity contribution in [1.82, 2.24) is 9.97 Å². The van der Waals surface area contributed by atoms with Crippen LogP contribution in [0.15, 0.2) is 41.8 Å². The van der Waals surface area contributed by atoms with E-state index in [-0.39, 0.29) is 5.41 Å². The lowest BCUT2D eigenvalue weighted by atomic mass is 9.81. The van der Waals surface area contributed by atoms with E-state index in [4.69, 9.17) is 19.4 Å². The van der Waals surface area contributed by atoms with Gasteiger partial charge < -0.3 is 14.4 Å². The van der Waals surface area contributed by atoms with E-state index < -0.39 is 0 Å². The minimum atomic E-state index is -0.267. The SMILES string of the molecule is COc1ccc2c(n1)C1(CO2)CN(Cc2csc(C(C)C)n2)c2ccccc21. The second kappa shape index (κ2) is 6.48. The molecule has 1 aromatic carbocycles. The largest absolute Gasteiger partial charge is 0.490 e. The van der Waals surface area contributed by atoms with Crippen molar-refractivity contribution < 1.29 is 9.47 Å². The van der Waals surface area contributed by atoms with Crippen molar-refractivity contribution in [2.45, 2.75) is 31.7 Å². The number of aromatic nitrogens is 2. The molecule has 0 saturated carbocycles. The summed E-state index contributed by atoms with van der Waals surface area (Å²) >= 11 is 1.75. The van der Waals surface area contributed by atoms with Crippen molar-refractivity contribution in [3.8, 4) is 11.6 Å². The molecule has 28 heavy (non-hydrogen) atoms. The molecule has 0 radical (unpaired) electrons. The highest BCUT2D eigenvalue weighted by Gasteiger charge is 2.51. The van der Waals surface area contributed by atoms with Crippen LogP contribution in [-0.2, 0) is 12.0 Å². The number of hydrogen-bond acceptors (Lipinski definition) is 6. The smallest absolute Gasteiger partial charge is 0.213 e. The van der Waals surface area contributed by atoms with E-state index in [1.54, 1.807) is 18.4 Å². The summed E-state index contributed by atoms with van der Waals surface area (Å²) in [6.45, 7) is 6.60. The molecule has 2 aliphatic heterocycles. The number of nitrogens with zero attached hydrogens (tertiary/aromatic N) is 3. The van der Waals surface area contributed by atoms with Crippen molar-refractivity contribution in [1.29, 1.82) is 0 Å². The van der Waals surface area contributed by atoms with Gasteiger partial charge in [-0.3, -0.25) is 0 Å². The molecule has 3 aromatic rings. The Balaban J connectivity index is 1.55. The second-order valence-electron chi connectivity index (χ2n) is 7.78. The summed E-state index contributed by atoms with van der Waals surface area (Å²) in [4.78, 5) is 12.0. The van der Waals surface area contributed by atoms with Crippen molar-refractivity contribution in [3.05, 3.63) is 63.7 Å². The number of methoxy groups -OCH3 is 1. The number of benzene rings is 1. The van der Waals surface area contributed by atoms with Gasteiger partial charge in [0.05, 0.1) is 29.8 Å². The lowest BCUT2D eigenvalue weighted by Crippen LogP contribution is -2.36. The fraction of sp³-hybridized carbons (Fsp3) is 0.364. The average Bonchev–Trinajstić information content (AvgIpc) is 3.40. The maximum Gasteiger partial charge on any atom is 0.213 e. The molecular weight excluding hydrogens is 370 g/mol. The molecule has 144 valence electrons. The number of para-hydroxylation sites is 1. The molecule has 5 nitrogen and oxygen atoms in total. The molecule has 1 atom stereocenters. The summed E-state index contributed by atoms with van der Waals surface area (Å²) in [6.07, 6.45) is 0. The summed E-state index contributed by atoms with van der Waals surface area (Å²) < 4.78 is 11.5. The minimum Gasteiger partial charge on any atom is -0.490 e. The normalized spacial score (nSPS) is 19.8. The summed E-state index contributed by atoms with van der Waals surface area (Å²) in [5.41, 5.74) is 4.34. The molecule has 1 spiro atoms. The van der Waals surface area contributed by atoms with Gasteiger partial charge in [-0.05, 0) is 17.7 Å². The maximum absolute atomic E-state index is 6.07. The Morgan fingerprint density at radius 2 is 2.07 bits per heavy atom. The highest BCUT2D eigenvalue weighted by Crippen LogP contribution is 2.51. The number of fused-ring (bicyclic) bond motifs is 4. The predicted molar refractivity (Wildman–Crippen MR) is 111 cm³/mol. The second-order valence-corrected chi connectivity index (χ2v) is 8.67. The van der Waals surface area contributed by atoms with E-state index in [2.05, 4.69) is 48.4 Å². The first-order valence-electron chi connectivity index (χ1n) is 9.58. The zero-order valence-corrected chi connectivity index (χ0v) is 17.1. The monoisotopic (exact) mass is 393 g/mol. The van der Waals surface area contributed by atoms with E-state index in [9.17, 15) is 0 Å². The first-order valence-corrected chi connectivity index (χ1v) is 10.5. The molecule has 4 heterocycles. The van der Waals surface area contributed by atoms with Crippen molar-refractivity contribution >= 4 is 17.0 Å². The highest BCUT2D eigenvalue weighted by atomic mass is 32.1. The van der Waals surface area contributed by atoms with Gasteiger partial charge in [-0.15, -0.1) is 11.3 Å².